The quantitative estimate of drug-likeness (QED) is 0.0710. The molecule has 0 fully saturated rings. The zero-order valence-electron chi connectivity index (χ0n) is 41.6. The van der Waals surface area contributed by atoms with E-state index in [9.17, 15) is 0 Å². The van der Waals surface area contributed by atoms with Crippen molar-refractivity contribution in [2.24, 2.45) is 14.0 Å². The number of aryl methyl sites for hydroxylation is 1. The molecule has 0 amide bonds. The van der Waals surface area contributed by atoms with Crippen LogP contribution >= 0.6 is 8.86 Å². The minimum absolute atomic E-state index is 0. The Morgan fingerprint density at radius 2 is 0.581 bits per heavy atom. The molecule has 0 saturated carbocycles. The molecule has 0 aliphatic carbocycles. The molecule has 4 aromatic carbocycles. The summed E-state index contributed by atoms with van der Waals surface area (Å²) in [6.45, 7) is 42.5. The molecular weight excluding hydrogens is 1100 g/mol. The van der Waals surface area contributed by atoms with Crippen LogP contribution in [-0.2, 0) is 4.79 Å². The van der Waals surface area contributed by atoms with Crippen LogP contribution in [0.2, 0.25) is 118 Å². The van der Waals surface area contributed by atoms with Gasteiger partial charge in [-0.05, 0) is 23.6 Å². The molecule has 0 unspecified atom stereocenters. The molecule has 0 aliphatic heterocycles. The molecule has 0 atom stereocenters. The smallest absolute Gasteiger partial charge is 0.623 e. The van der Waals surface area contributed by atoms with Crippen LogP contribution in [0.1, 0.15) is 22.3 Å². The van der Waals surface area contributed by atoms with Gasteiger partial charge in [-0.3, -0.25) is 4.79 Å². The van der Waals surface area contributed by atoms with Gasteiger partial charge < -0.3 is 37.8 Å². The van der Waals surface area contributed by atoms with Crippen LogP contribution < -0.4 is 0 Å². The molecule has 0 spiro atoms. The van der Waals surface area contributed by atoms with Gasteiger partial charge in [-0.15, -0.1) is 5.66 Å². The van der Waals surface area contributed by atoms with Crippen LogP contribution in [0.3, 0.4) is 0 Å². The summed E-state index contributed by atoms with van der Waals surface area (Å²) >= 11 is 0. The summed E-state index contributed by atoms with van der Waals surface area (Å²) in [7, 11) is -5.94. The first-order chi connectivity index (χ1) is 27.8. The van der Waals surface area contributed by atoms with E-state index in [0.717, 1.165) is 34.2 Å². The first kappa shape index (κ1) is 61.6. The maximum absolute atomic E-state index is 8.54. The molecule has 0 N–H and O–H groups in total. The van der Waals surface area contributed by atoms with Crippen LogP contribution in [0.25, 0.3) is 14.9 Å². The summed E-state index contributed by atoms with van der Waals surface area (Å²) in [6.07, 6.45) is 0. The molecule has 4 rings (SSSR count). The molecule has 0 aromatic heterocycles. The second-order valence-corrected chi connectivity index (χ2v) is 48.1. The van der Waals surface area contributed by atoms with Gasteiger partial charge in [0.2, 0.25) is 0 Å². The fourth-order valence-corrected chi connectivity index (χ4v) is 9.85. The minimum Gasteiger partial charge on any atom is -0.623 e. The Hall–Kier alpha value is -2.48. The molecule has 7 nitrogen and oxygen atoms in total. The molecule has 62 heavy (non-hydrogen) atoms. The van der Waals surface area contributed by atoms with Crippen molar-refractivity contribution >= 4 is 81.4 Å². The number of hydrogen-bond acceptors (Lipinski definition) is 4. The van der Waals surface area contributed by atoms with Gasteiger partial charge in [-0.1, -0.05) is 262 Å². The van der Waals surface area contributed by atoms with Gasteiger partial charge in [0.05, 0.1) is 0 Å². The van der Waals surface area contributed by atoms with Crippen LogP contribution in [0.15, 0.2) is 135 Å². The van der Waals surface area contributed by atoms with Gasteiger partial charge in [0.15, 0.2) is 0 Å². The van der Waals surface area contributed by atoms with Crippen molar-refractivity contribution in [1.29, 1.82) is 0 Å². The molecule has 15 heteroatoms. The summed E-state index contributed by atoms with van der Waals surface area (Å²) in [4.78, 5) is 23.2. The number of nitrogens with zero attached hydrogens (tertiary/aromatic N) is 6. The van der Waals surface area contributed by atoms with Crippen molar-refractivity contribution in [2.45, 2.75) is 125 Å². The molecule has 0 aliphatic rings. The Kier molecular flexibility index (Phi) is 29.0. The van der Waals surface area contributed by atoms with E-state index < -0.39 is 49.4 Å². The molecule has 4 aromatic rings. The van der Waals surface area contributed by atoms with Crippen LogP contribution in [0.4, 0.5) is 0 Å². The first-order valence-corrected chi connectivity index (χ1v) is 42.1. The fraction of sp³-hybridized carbons (Fsp3) is 0.404. The monoisotopic (exact) mass is 1180 g/mol. The summed E-state index contributed by atoms with van der Waals surface area (Å²) in [6, 6.07) is 41.3. The van der Waals surface area contributed by atoms with Crippen molar-refractivity contribution in [3.05, 3.63) is 159 Å². The molecule has 334 valence electrons. The zero-order chi connectivity index (χ0) is 47.1. The first-order valence-electron chi connectivity index (χ1n) is 21.0. The van der Waals surface area contributed by atoms with E-state index in [1.165, 1.54) is 11.2 Å². The Morgan fingerprint density at radius 3 is 0.710 bits per heavy atom. The largest absolute Gasteiger partial charge is 4.00 e. The number of hydrogen-bond donors (Lipinski definition) is 0. The average Bonchev–Trinajstić information content (AvgIpc) is 3.10. The molecule has 0 bridgehead atoms. The number of benzene rings is 4. The van der Waals surface area contributed by atoms with E-state index in [1.54, 1.807) is 0 Å². The SMILES string of the molecule is C[Si](C)(C)/N=C(/[N-][Si](C)(C)C)c1ccccc1.C[Si](C)(C)/N=C(/[N-][Si](C)(C)C)c1ccccc1.C[Si](C)(C)/N=C(/[N-][Si](C)(C)C)c1ccccc1.Cc1ccccc1.O=C=[P-].[U+4]. The average molecular weight is 1180 g/mol. The van der Waals surface area contributed by atoms with Gasteiger partial charge in [0, 0.05) is 49.4 Å². The Labute approximate surface area is 411 Å². The van der Waals surface area contributed by atoms with Crippen LogP contribution in [-0.4, -0.2) is 72.6 Å². The van der Waals surface area contributed by atoms with E-state index in [2.05, 4.69) is 219 Å². The number of rotatable bonds is 9. The minimum atomic E-state index is -1.49. The van der Waals surface area contributed by atoms with Crippen molar-refractivity contribution in [3.63, 3.8) is 0 Å². The van der Waals surface area contributed by atoms with Crippen LogP contribution in [0.5, 0.6) is 0 Å². The van der Waals surface area contributed by atoms with Crippen molar-refractivity contribution in [3.8, 4) is 0 Å². The second-order valence-electron chi connectivity index (χ2n) is 20.5. The van der Waals surface area contributed by atoms with Gasteiger partial charge in [-0.2, -0.15) is 0 Å². The topological polar surface area (TPSA) is 96.4 Å². The predicted octanol–water partition coefficient (Wildman–Crippen LogP) is 15.9. The Balaban J connectivity index is 0. The molecular formula is C47H77N6OPSi6U. The van der Waals surface area contributed by atoms with Gasteiger partial charge in [0.1, 0.15) is 0 Å². The zero-order valence-corrected chi connectivity index (χ0v) is 52.6. The van der Waals surface area contributed by atoms with Crippen molar-refractivity contribution < 1.29 is 35.9 Å². The van der Waals surface area contributed by atoms with Gasteiger partial charge in [0.25, 0.3) is 0 Å². The third-order valence-electron chi connectivity index (χ3n) is 6.68. The Morgan fingerprint density at radius 1 is 0.403 bits per heavy atom. The second kappa shape index (κ2) is 29.1. The Bertz CT molecular complexity index is 1750. The van der Waals surface area contributed by atoms with Crippen LogP contribution in [0, 0.1) is 38.0 Å². The van der Waals surface area contributed by atoms with E-state index in [-0.39, 0.29) is 31.1 Å². The standard InChI is InChI=1S/3C13H23N2Si2.C7H8.COP.U/c3*1-16(2,3)14-13(15-17(4,5)6)12-10-8-7-9-11-12;1-7-5-3-2-4-6-7;2-1-3;/h3*7-11H,1-6H3;2-6H,1H3;;/q3*-1;;-1;+4. The molecule has 0 heterocycles. The maximum atomic E-state index is 8.54. The normalized spacial score (nSPS) is 12.3. The fourth-order valence-electron chi connectivity index (χ4n) is 4.66. The molecule has 0 saturated heterocycles. The summed E-state index contributed by atoms with van der Waals surface area (Å²) in [5.74, 6) is 2.89. The van der Waals surface area contributed by atoms with E-state index >= 15 is 0 Å². The molecule has 0 radical (unpaired) electrons. The van der Waals surface area contributed by atoms with Crippen molar-refractivity contribution in [2.75, 3.05) is 0 Å². The third kappa shape index (κ3) is 35.9. The van der Waals surface area contributed by atoms with Gasteiger partial charge in [-0.25, -0.2) is 0 Å². The summed E-state index contributed by atoms with van der Waals surface area (Å²) in [5, 5.41) is 0. The summed E-state index contributed by atoms with van der Waals surface area (Å²) < 4.78 is 14.7. The number of amidine groups is 3. The maximum Gasteiger partial charge on any atom is 4.00 e. The third-order valence-corrected chi connectivity index (χ3v) is 12.0. The van der Waals surface area contributed by atoms with E-state index in [1.807, 2.05) is 36.4 Å². The summed E-state index contributed by atoms with van der Waals surface area (Å²) in [5.41, 5.74) is 5.97. The van der Waals surface area contributed by atoms with Crippen molar-refractivity contribution in [1.82, 2.24) is 0 Å². The van der Waals surface area contributed by atoms with E-state index in [4.69, 9.17) is 33.7 Å². The number of carbonyl (C=O) groups excluding carboxylic acids is 1. The van der Waals surface area contributed by atoms with Gasteiger partial charge >= 0.3 is 31.1 Å². The van der Waals surface area contributed by atoms with E-state index in [0.29, 0.717) is 0 Å². The predicted molar refractivity (Wildman–Crippen MR) is 293 cm³/mol.